The minimum Gasteiger partial charge on any atom is -0.395 e. The van der Waals surface area contributed by atoms with E-state index in [0.717, 1.165) is 11.8 Å². The number of pyridine rings is 1. The Bertz CT molecular complexity index is 715. The molecule has 3 N–H and O–H groups in total. The minimum atomic E-state index is -3.86. The molecule has 0 aliphatic rings. The summed E-state index contributed by atoms with van der Waals surface area (Å²) in [4.78, 5) is 3.80. The van der Waals surface area contributed by atoms with E-state index in [1.54, 1.807) is 18.3 Å². The molecule has 1 aromatic carbocycles. The third kappa shape index (κ3) is 3.12. The van der Waals surface area contributed by atoms with Gasteiger partial charge in [-0.3, -0.25) is 4.98 Å². The third-order valence-electron chi connectivity index (χ3n) is 2.74. The number of hydrogen-bond donors (Lipinski definition) is 2. The van der Waals surface area contributed by atoms with Gasteiger partial charge in [0.1, 0.15) is 10.7 Å². The van der Waals surface area contributed by atoms with Gasteiger partial charge < -0.3 is 5.73 Å². The van der Waals surface area contributed by atoms with Crippen molar-refractivity contribution in [3.8, 4) is 0 Å². The summed E-state index contributed by atoms with van der Waals surface area (Å²) < 4.78 is 39.8. The van der Waals surface area contributed by atoms with Crippen molar-refractivity contribution in [3.63, 3.8) is 0 Å². The lowest BCUT2D eigenvalue weighted by atomic mass is 10.2. The average Bonchev–Trinajstić information content (AvgIpc) is 2.41. The Morgan fingerprint density at radius 3 is 2.70 bits per heavy atom. The van der Waals surface area contributed by atoms with Crippen molar-refractivity contribution in [1.82, 2.24) is 9.71 Å². The van der Waals surface area contributed by atoms with E-state index in [2.05, 4.69) is 9.71 Å². The fourth-order valence-electron chi connectivity index (χ4n) is 1.61. The fourth-order valence-corrected chi connectivity index (χ4v) is 2.77. The lowest BCUT2D eigenvalue weighted by Crippen LogP contribution is -2.24. The molecule has 106 valence electrons. The lowest BCUT2D eigenvalue weighted by molar-refractivity contribution is 0.578. The van der Waals surface area contributed by atoms with Gasteiger partial charge in [-0.1, -0.05) is 12.1 Å². The van der Waals surface area contributed by atoms with E-state index in [9.17, 15) is 12.8 Å². The topological polar surface area (TPSA) is 85.1 Å². The van der Waals surface area contributed by atoms with Gasteiger partial charge in [0.15, 0.2) is 0 Å². The molecular formula is C13H14FN3O2S. The molecular weight excluding hydrogens is 281 g/mol. The van der Waals surface area contributed by atoms with Gasteiger partial charge in [-0.05, 0) is 30.7 Å². The van der Waals surface area contributed by atoms with E-state index in [1.807, 2.05) is 6.92 Å². The van der Waals surface area contributed by atoms with Gasteiger partial charge in [-0.15, -0.1) is 0 Å². The minimum absolute atomic E-state index is 0.0611. The maximum Gasteiger partial charge on any atom is 0.243 e. The molecule has 1 heterocycles. The highest BCUT2D eigenvalue weighted by Gasteiger charge is 2.19. The van der Waals surface area contributed by atoms with Crippen LogP contribution in [0.15, 0.2) is 41.4 Å². The van der Waals surface area contributed by atoms with Gasteiger partial charge in [0, 0.05) is 18.4 Å². The first-order valence-electron chi connectivity index (χ1n) is 5.85. The molecule has 0 fully saturated rings. The predicted molar refractivity (Wildman–Crippen MR) is 73.8 cm³/mol. The highest BCUT2D eigenvalue weighted by molar-refractivity contribution is 7.89. The van der Waals surface area contributed by atoms with Crippen LogP contribution in [-0.4, -0.2) is 13.4 Å². The second kappa shape index (κ2) is 5.56. The molecule has 1 aromatic heterocycles. The first-order valence-corrected chi connectivity index (χ1v) is 7.33. The summed E-state index contributed by atoms with van der Waals surface area (Å²) in [6.07, 6.45) is 1.58. The van der Waals surface area contributed by atoms with Gasteiger partial charge in [-0.25, -0.2) is 17.5 Å². The van der Waals surface area contributed by atoms with E-state index in [4.69, 9.17) is 5.73 Å². The molecule has 2 aromatic rings. The van der Waals surface area contributed by atoms with Crippen LogP contribution in [0, 0.1) is 12.7 Å². The summed E-state index contributed by atoms with van der Waals surface area (Å²) in [5, 5.41) is 0. The number of sulfonamides is 1. The summed E-state index contributed by atoms with van der Waals surface area (Å²) in [5.74, 6) is -0.759. The summed E-state index contributed by atoms with van der Waals surface area (Å²) in [6.45, 7) is 1.90. The summed E-state index contributed by atoms with van der Waals surface area (Å²) in [6, 6.07) is 7.21. The van der Waals surface area contributed by atoms with Crippen LogP contribution in [0.1, 0.15) is 11.3 Å². The highest BCUT2D eigenvalue weighted by Crippen LogP contribution is 2.20. The predicted octanol–water partition coefficient (Wildman–Crippen LogP) is 1.59. The molecule has 2 rings (SSSR count). The number of aromatic nitrogens is 1. The van der Waals surface area contributed by atoms with Crippen LogP contribution in [0.2, 0.25) is 0 Å². The van der Waals surface area contributed by atoms with Crippen LogP contribution < -0.4 is 10.5 Å². The third-order valence-corrected chi connectivity index (χ3v) is 4.20. The number of hydrogen-bond acceptors (Lipinski definition) is 4. The number of nitrogens with two attached hydrogens (primary N) is 1. The molecule has 5 nitrogen and oxygen atoms in total. The maximum atomic E-state index is 13.3. The Hall–Kier alpha value is -1.99. The number of benzene rings is 1. The van der Waals surface area contributed by atoms with Gasteiger partial charge in [0.25, 0.3) is 0 Å². The van der Waals surface area contributed by atoms with Crippen LogP contribution in [0.4, 0.5) is 10.1 Å². The van der Waals surface area contributed by atoms with E-state index < -0.39 is 15.8 Å². The molecule has 0 atom stereocenters. The first-order chi connectivity index (χ1) is 9.40. The van der Waals surface area contributed by atoms with Crippen LogP contribution in [-0.2, 0) is 16.6 Å². The van der Waals surface area contributed by atoms with Crippen molar-refractivity contribution < 1.29 is 12.8 Å². The van der Waals surface area contributed by atoms with Crippen LogP contribution in [0.25, 0.3) is 0 Å². The number of rotatable bonds is 4. The summed E-state index contributed by atoms with van der Waals surface area (Å²) >= 11 is 0. The maximum absolute atomic E-state index is 13.3. The van der Waals surface area contributed by atoms with Crippen LogP contribution in [0.5, 0.6) is 0 Å². The molecule has 0 saturated heterocycles. The summed E-state index contributed by atoms with van der Waals surface area (Å²) in [5.41, 5.74) is 6.61. The quantitative estimate of drug-likeness (QED) is 0.839. The van der Waals surface area contributed by atoms with E-state index in [-0.39, 0.29) is 17.1 Å². The van der Waals surface area contributed by atoms with Crippen molar-refractivity contribution in [2.45, 2.75) is 18.4 Å². The van der Waals surface area contributed by atoms with E-state index >= 15 is 0 Å². The van der Waals surface area contributed by atoms with Gasteiger partial charge in [0.05, 0.1) is 5.69 Å². The number of aryl methyl sites for hydroxylation is 1. The number of nitrogens with one attached hydrogen (secondary N) is 1. The SMILES string of the molecule is Cc1ccc(CNS(=O)(=O)c2cccc(F)c2N)cn1. The monoisotopic (exact) mass is 295 g/mol. The molecule has 7 heteroatoms. The van der Waals surface area contributed by atoms with Crippen LogP contribution in [0.3, 0.4) is 0 Å². The largest absolute Gasteiger partial charge is 0.395 e. The molecule has 0 bridgehead atoms. The Balaban J connectivity index is 2.19. The standard InChI is InChI=1S/C13H14FN3O2S/c1-9-5-6-10(7-16-9)8-17-20(18,19)12-4-2-3-11(14)13(12)15/h2-7,17H,8,15H2,1H3. The molecule has 0 amide bonds. The fraction of sp³-hybridized carbons (Fsp3) is 0.154. The Labute approximate surface area is 116 Å². The van der Waals surface area contributed by atoms with Crippen molar-refractivity contribution in [2.24, 2.45) is 0 Å². The normalized spacial score (nSPS) is 11.5. The van der Waals surface area contributed by atoms with Crippen molar-refractivity contribution >= 4 is 15.7 Å². The molecule has 0 saturated carbocycles. The van der Waals surface area contributed by atoms with Crippen molar-refractivity contribution in [1.29, 1.82) is 0 Å². The van der Waals surface area contributed by atoms with Gasteiger partial charge >= 0.3 is 0 Å². The zero-order valence-electron chi connectivity index (χ0n) is 10.8. The number of anilines is 1. The Morgan fingerprint density at radius 1 is 1.30 bits per heavy atom. The van der Waals surface area contributed by atoms with Crippen molar-refractivity contribution in [2.75, 3.05) is 5.73 Å². The average molecular weight is 295 g/mol. The molecule has 0 aliphatic carbocycles. The number of nitrogens with zero attached hydrogens (tertiary/aromatic N) is 1. The molecule has 20 heavy (non-hydrogen) atoms. The zero-order valence-corrected chi connectivity index (χ0v) is 11.6. The Kier molecular flexibility index (Phi) is 4.01. The smallest absolute Gasteiger partial charge is 0.243 e. The molecule has 0 unspecified atom stereocenters. The molecule has 0 radical (unpaired) electrons. The number of halogens is 1. The number of para-hydroxylation sites is 1. The van der Waals surface area contributed by atoms with E-state index in [0.29, 0.717) is 5.56 Å². The van der Waals surface area contributed by atoms with Gasteiger partial charge in [-0.2, -0.15) is 0 Å². The summed E-state index contributed by atoms with van der Waals surface area (Å²) in [7, 11) is -3.86. The van der Waals surface area contributed by atoms with Gasteiger partial charge in [0.2, 0.25) is 10.0 Å². The van der Waals surface area contributed by atoms with Crippen molar-refractivity contribution in [3.05, 3.63) is 53.6 Å². The second-order valence-electron chi connectivity index (χ2n) is 4.28. The second-order valence-corrected chi connectivity index (χ2v) is 6.02. The zero-order chi connectivity index (χ0) is 14.8. The lowest BCUT2D eigenvalue weighted by Gasteiger charge is -2.09. The Morgan fingerprint density at radius 2 is 2.05 bits per heavy atom. The number of nitrogen functional groups attached to an aromatic ring is 1. The molecule has 0 spiro atoms. The van der Waals surface area contributed by atoms with Crippen LogP contribution >= 0.6 is 0 Å². The molecule has 0 aliphatic heterocycles. The van der Waals surface area contributed by atoms with E-state index in [1.165, 1.54) is 12.1 Å². The highest BCUT2D eigenvalue weighted by atomic mass is 32.2. The first kappa shape index (κ1) is 14.4.